The molecule has 2 N–H and O–H groups in total. The van der Waals surface area contributed by atoms with Crippen molar-refractivity contribution < 1.29 is 19.2 Å². The second-order valence-corrected chi connectivity index (χ2v) is 8.71. The Balaban J connectivity index is 1.61. The Labute approximate surface area is 198 Å². The van der Waals surface area contributed by atoms with Crippen molar-refractivity contribution in [3.05, 3.63) is 71.8 Å². The van der Waals surface area contributed by atoms with E-state index >= 15 is 0 Å². The first-order valence-electron chi connectivity index (χ1n) is 11.3. The molecule has 178 valence electrons. The van der Waals surface area contributed by atoms with Crippen LogP contribution in [0.25, 0.3) is 0 Å². The molecule has 2 aliphatic rings. The first kappa shape index (κ1) is 23.4. The third-order valence-corrected chi connectivity index (χ3v) is 6.28. The lowest BCUT2D eigenvalue weighted by Crippen LogP contribution is -2.75. The fourth-order valence-corrected chi connectivity index (χ4v) is 4.72. The molecule has 0 aliphatic carbocycles. The first-order valence-corrected chi connectivity index (χ1v) is 11.3. The van der Waals surface area contributed by atoms with Crippen LogP contribution in [0.4, 0.5) is 0 Å². The fourth-order valence-electron chi connectivity index (χ4n) is 4.72. The predicted molar refractivity (Wildman–Crippen MR) is 124 cm³/mol. The number of amides is 4. The normalized spacial score (nSPS) is 20.9. The van der Waals surface area contributed by atoms with Crippen LogP contribution in [0.1, 0.15) is 24.0 Å². The van der Waals surface area contributed by atoms with Gasteiger partial charge < -0.3 is 15.5 Å². The molecule has 0 spiro atoms. The van der Waals surface area contributed by atoms with E-state index in [1.54, 1.807) is 22.0 Å². The summed E-state index contributed by atoms with van der Waals surface area (Å²) in [6.07, 6.45) is -0.190. The lowest BCUT2D eigenvalue weighted by molar-refractivity contribution is -0.203. The third-order valence-electron chi connectivity index (χ3n) is 6.28. The Morgan fingerprint density at radius 1 is 0.971 bits per heavy atom. The van der Waals surface area contributed by atoms with Crippen molar-refractivity contribution in [2.45, 2.75) is 38.0 Å². The minimum Gasteiger partial charge on any atom is -0.370 e. The summed E-state index contributed by atoms with van der Waals surface area (Å²) >= 11 is 0. The van der Waals surface area contributed by atoms with E-state index < -0.39 is 18.1 Å². The number of carbonyl (C=O) groups excluding carboxylic acids is 4. The van der Waals surface area contributed by atoms with Crippen LogP contribution in [0, 0.1) is 0 Å². The zero-order valence-electron chi connectivity index (χ0n) is 19.2. The molecule has 9 nitrogen and oxygen atoms in total. The van der Waals surface area contributed by atoms with Crippen molar-refractivity contribution >= 4 is 23.6 Å². The van der Waals surface area contributed by atoms with E-state index in [1.807, 2.05) is 60.7 Å². The highest BCUT2D eigenvalue weighted by Gasteiger charge is 2.50. The van der Waals surface area contributed by atoms with Gasteiger partial charge in [-0.25, -0.2) is 5.01 Å². The molecule has 0 aromatic heterocycles. The second kappa shape index (κ2) is 10.0. The standard InChI is InChI=1S/C25H29N5O4/c1-27-17-24(33)29-20(14-21(26)31)25(34)28(15-19-10-6-3-7-11-19)16-22(29)30(27)23(32)13-12-18-8-4-2-5-9-18/h2-11,20,22H,12-17H2,1H3,(H2,26,31)/t20-,22-/m0/s1. The molecule has 2 aliphatic heterocycles. The van der Waals surface area contributed by atoms with Gasteiger partial charge in [0.2, 0.25) is 23.6 Å². The number of primary amides is 1. The van der Waals surface area contributed by atoms with E-state index in [0.29, 0.717) is 13.0 Å². The van der Waals surface area contributed by atoms with Gasteiger partial charge in [0.05, 0.1) is 19.5 Å². The van der Waals surface area contributed by atoms with Crippen LogP contribution < -0.4 is 5.73 Å². The molecule has 2 atom stereocenters. The van der Waals surface area contributed by atoms with Crippen molar-refractivity contribution in [3.8, 4) is 0 Å². The van der Waals surface area contributed by atoms with Crippen molar-refractivity contribution in [1.82, 2.24) is 19.8 Å². The summed E-state index contributed by atoms with van der Waals surface area (Å²) in [5.41, 5.74) is 7.40. The Morgan fingerprint density at radius 3 is 2.21 bits per heavy atom. The van der Waals surface area contributed by atoms with Gasteiger partial charge >= 0.3 is 0 Å². The Bertz CT molecular complexity index is 1060. The van der Waals surface area contributed by atoms with Crippen molar-refractivity contribution in [2.24, 2.45) is 5.73 Å². The number of aryl methyl sites for hydroxylation is 1. The molecule has 4 amide bonds. The Morgan fingerprint density at radius 2 is 1.59 bits per heavy atom. The molecule has 34 heavy (non-hydrogen) atoms. The first-order chi connectivity index (χ1) is 16.3. The SMILES string of the molecule is CN1CC(=O)N2[C@@H](CC(N)=O)C(=O)N(Cc3ccccc3)C[C@@H]2N1C(=O)CCc1ccccc1. The molecular formula is C25H29N5O4. The van der Waals surface area contributed by atoms with Gasteiger partial charge in [-0.3, -0.25) is 24.2 Å². The molecule has 0 unspecified atom stereocenters. The van der Waals surface area contributed by atoms with Gasteiger partial charge in [0.25, 0.3) is 0 Å². The topological polar surface area (TPSA) is 107 Å². The summed E-state index contributed by atoms with van der Waals surface area (Å²) in [7, 11) is 1.69. The highest BCUT2D eigenvalue weighted by atomic mass is 16.2. The van der Waals surface area contributed by atoms with Crippen LogP contribution in [0.2, 0.25) is 0 Å². The number of hydrogen-bond acceptors (Lipinski definition) is 5. The van der Waals surface area contributed by atoms with E-state index in [1.165, 1.54) is 4.90 Å². The molecular weight excluding hydrogens is 434 g/mol. The lowest BCUT2D eigenvalue weighted by Gasteiger charge is -2.54. The van der Waals surface area contributed by atoms with Crippen molar-refractivity contribution in [1.29, 1.82) is 0 Å². The van der Waals surface area contributed by atoms with E-state index in [0.717, 1.165) is 11.1 Å². The van der Waals surface area contributed by atoms with Gasteiger partial charge in [0.1, 0.15) is 12.2 Å². The molecule has 0 saturated carbocycles. The summed E-state index contributed by atoms with van der Waals surface area (Å²) in [5, 5.41) is 3.16. The molecule has 2 saturated heterocycles. The molecule has 2 aromatic rings. The van der Waals surface area contributed by atoms with Gasteiger partial charge in [-0.15, -0.1) is 0 Å². The molecule has 2 heterocycles. The fraction of sp³-hybridized carbons (Fsp3) is 0.360. The van der Waals surface area contributed by atoms with Crippen LogP contribution in [-0.4, -0.2) is 75.8 Å². The molecule has 0 radical (unpaired) electrons. The van der Waals surface area contributed by atoms with Gasteiger partial charge in [-0.05, 0) is 17.5 Å². The van der Waals surface area contributed by atoms with Gasteiger partial charge in [-0.1, -0.05) is 60.7 Å². The summed E-state index contributed by atoms with van der Waals surface area (Å²) < 4.78 is 0. The lowest BCUT2D eigenvalue weighted by atomic mass is 10.0. The van der Waals surface area contributed by atoms with E-state index in [4.69, 9.17) is 5.73 Å². The smallest absolute Gasteiger partial charge is 0.246 e. The number of fused-ring (bicyclic) bond motifs is 1. The molecule has 2 fully saturated rings. The molecule has 4 rings (SSSR count). The second-order valence-electron chi connectivity index (χ2n) is 8.71. The highest BCUT2D eigenvalue weighted by Crippen LogP contribution is 2.28. The molecule has 0 bridgehead atoms. The number of nitrogens with two attached hydrogens (primary N) is 1. The van der Waals surface area contributed by atoms with Gasteiger partial charge in [0.15, 0.2) is 0 Å². The maximum absolute atomic E-state index is 13.4. The summed E-state index contributed by atoms with van der Waals surface area (Å²) in [4.78, 5) is 54.5. The zero-order chi connectivity index (χ0) is 24.2. The Kier molecular flexibility index (Phi) is 6.93. The summed E-state index contributed by atoms with van der Waals surface area (Å²) in [6.45, 7) is 0.397. The minimum atomic E-state index is -1.04. The number of carbonyl (C=O) groups is 4. The molecule has 9 heteroatoms. The van der Waals surface area contributed by atoms with Crippen molar-refractivity contribution in [3.63, 3.8) is 0 Å². The van der Waals surface area contributed by atoms with Gasteiger partial charge in [0, 0.05) is 20.0 Å². The Hall–Kier alpha value is -3.72. The van der Waals surface area contributed by atoms with Crippen LogP contribution in [0.3, 0.4) is 0 Å². The number of nitrogens with zero attached hydrogens (tertiary/aromatic N) is 4. The average molecular weight is 464 g/mol. The maximum Gasteiger partial charge on any atom is 0.246 e. The largest absolute Gasteiger partial charge is 0.370 e. The summed E-state index contributed by atoms with van der Waals surface area (Å²) in [5.74, 6) is -1.47. The van der Waals surface area contributed by atoms with Gasteiger partial charge in [-0.2, -0.15) is 0 Å². The quantitative estimate of drug-likeness (QED) is 0.652. The average Bonchev–Trinajstić information content (AvgIpc) is 2.81. The van der Waals surface area contributed by atoms with E-state index in [9.17, 15) is 19.2 Å². The van der Waals surface area contributed by atoms with E-state index in [-0.39, 0.29) is 43.7 Å². The molecule has 2 aromatic carbocycles. The monoisotopic (exact) mass is 463 g/mol. The zero-order valence-corrected chi connectivity index (χ0v) is 19.2. The van der Waals surface area contributed by atoms with Crippen LogP contribution in [0.5, 0.6) is 0 Å². The number of piperazine rings is 1. The number of hydrogen-bond donors (Lipinski definition) is 1. The van der Waals surface area contributed by atoms with Crippen LogP contribution in [0.15, 0.2) is 60.7 Å². The van der Waals surface area contributed by atoms with Crippen LogP contribution >= 0.6 is 0 Å². The maximum atomic E-state index is 13.4. The van der Waals surface area contributed by atoms with E-state index in [2.05, 4.69) is 0 Å². The number of likely N-dealkylation sites (N-methyl/N-ethyl adjacent to an activating group) is 1. The van der Waals surface area contributed by atoms with Crippen LogP contribution in [-0.2, 0) is 32.1 Å². The third kappa shape index (κ3) is 4.94. The number of benzene rings is 2. The number of rotatable bonds is 7. The highest BCUT2D eigenvalue weighted by molar-refractivity contribution is 5.94. The predicted octanol–water partition coefficient (Wildman–Crippen LogP) is 0.749. The van der Waals surface area contributed by atoms with Crippen molar-refractivity contribution in [2.75, 3.05) is 20.1 Å². The number of hydrazine groups is 1. The minimum absolute atomic E-state index is 0.0607. The summed E-state index contributed by atoms with van der Waals surface area (Å²) in [6, 6.07) is 18.1.